The number of ether oxygens (including phenoxy) is 1. The Balaban J connectivity index is 3.53. The minimum absolute atomic E-state index is 0.0457. The Bertz CT molecular complexity index is 388. The summed E-state index contributed by atoms with van der Waals surface area (Å²) in [5.41, 5.74) is 2.15. The minimum atomic E-state index is -0.465. The van der Waals surface area contributed by atoms with E-state index in [9.17, 15) is 10.1 Å². The second-order valence-electron chi connectivity index (χ2n) is 3.06. The van der Waals surface area contributed by atoms with E-state index in [0.717, 1.165) is 11.3 Å². The first-order valence-corrected chi connectivity index (χ1v) is 4.15. The Hall–Kier alpha value is -1.65. The number of hydrogen-bond donors (Lipinski definition) is 0. The molecule has 0 aliphatic heterocycles. The highest BCUT2D eigenvalue weighted by Crippen LogP contribution is 2.31. The summed E-state index contributed by atoms with van der Waals surface area (Å²) < 4.78 is 4.87. The van der Waals surface area contributed by atoms with Crippen LogP contribution in [-0.4, -0.2) is 17.0 Å². The van der Waals surface area contributed by atoms with Gasteiger partial charge in [0.15, 0.2) is 0 Å². The molecule has 0 saturated heterocycles. The molecule has 14 heavy (non-hydrogen) atoms. The van der Waals surface area contributed by atoms with E-state index >= 15 is 0 Å². The quantitative estimate of drug-likeness (QED) is 0.535. The number of rotatable bonds is 2. The SMILES string of the molecule is COc1nc(C)c(C)c(C)c1[N+](=O)[O-]. The van der Waals surface area contributed by atoms with Crippen LogP contribution < -0.4 is 4.74 Å². The maximum atomic E-state index is 10.8. The number of nitro groups is 1. The summed E-state index contributed by atoms with van der Waals surface area (Å²) in [7, 11) is 1.38. The van der Waals surface area contributed by atoms with Gasteiger partial charge in [0, 0.05) is 11.3 Å². The highest BCUT2D eigenvalue weighted by atomic mass is 16.6. The Labute approximate surface area is 81.9 Å². The lowest BCUT2D eigenvalue weighted by molar-refractivity contribution is -0.386. The first-order chi connectivity index (χ1) is 6.49. The molecule has 0 amide bonds. The lowest BCUT2D eigenvalue weighted by Gasteiger charge is -2.08. The molecule has 0 aromatic carbocycles. The van der Waals surface area contributed by atoms with Crippen molar-refractivity contribution in [2.24, 2.45) is 0 Å². The van der Waals surface area contributed by atoms with E-state index < -0.39 is 4.92 Å². The molecule has 0 atom stereocenters. The van der Waals surface area contributed by atoms with Crippen LogP contribution in [0.5, 0.6) is 5.88 Å². The molecule has 0 aliphatic carbocycles. The van der Waals surface area contributed by atoms with Crippen molar-refractivity contribution in [2.75, 3.05) is 7.11 Å². The zero-order chi connectivity index (χ0) is 10.9. The summed E-state index contributed by atoms with van der Waals surface area (Å²) in [6.45, 7) is 5.31. The number of aryl methyl sites for hydroxylation is 1. The number of nitrogens with zero attached hydrogens (tertiary/aromatic N) is 2. The fraction of sp³-hybridized carbons (Fsp3) is 0.444. The molecule has 0 spiro atoms. The van der Waals surface area contributed by atoms with Crippen LogP contribution in [-0.2, 0) is 0 Å². The number of methoxy groups -OCH3 is 1. The van der Waals surface area contributed by atoms with Gasteiger partial charge in [-0.15, -0.1) is 0 Å². The third kappa shape index (κ3) is 1.53. The molecular weight excluding hydrogens is 184 g/mol. The van der Waals surface area contributed by atoms with Crippen LogP contribution in [0.4, 0.5) is 5.69 Å². The first-order valence-electron chi connectivity index (χ1n) is 4.15. The maximum Gasteiger partial charge on any atom is 0.334 e. The maximum absolute atomic E-state index is 10.8. The van der Waals surface area contributed by atoms with Crippen molar-refractivity contribution in [3.63, 3.8) is 0 Å². The largest absolute Gasteiger partial charge is 0.476 e. The van der Waals surface area contributed by atoms with Gasteiger partial charge in [-0.1, -0.05) is 0 Å². The van der Waals surface area contributed by atoms with Gasteiger partial charge in [0.05, 0.1) is 12.0 Å². The number of hydrogen-bond acceptors (Lipinski definition) is 4. The van der Waals surface area contributed by atoms with Crippen LogP contribution in [0.25, 0.3) is 0 Å². The van der Waals surface area contributed by atoms with E-state index in [1.165, 1.54) is 7.11 Å². The molecular formula is C9H12N2O3. The summed E-state index contributed by atoms with van der Waals surface area (Å²) in [5, 5.41) is 10.8. The molecule has 1 aromatic rings. The van der Waals surface area contributed by atoms with Crippen LogP contribution in [0, 0.1) is 30.9 Å². The van der Waals surface area contributed by atoms with Gasteiger partial charge >= 0.3 is 5.69 Å². The predicted molar refractivity (Wildman–Crippen MR) is 51.7 cm³/mol. The standard InChI is InChI=1S/C9H12N2O3/c1-5-6(2)8(11(12)13)9(14-4)10-7(5)3/h1-4H3. The van der Waals surface area contributed by atoms with E-state index in [2.05, 4.69) is 4.98 Å². The van der Waals surface area contributed by atoms with Gasteiger partial charge in [0.2, 0.25) is 0 Å². The molecule has 0 unspecified atom stereocenters. The van der Waals surface area contributed by atoms with Crippen molar-refractivity contribution in [1.82, 2.24) is 4.98 Å². The van der Waals surface area contributed by atoms with Crippen LogP contribution in [0.3, 0.4) is 0 Å². The zero-order valence-electron chi connectivity index (χ0n) is 8.62. The molecule has 1 heterocycles. The molecule has 0 fully saturated rings. The van der Waals surface area contributed by atoms with Crippen molar-refractivity contribution in [3.8, 4) is 5.88 Å². The van der Waals surface area contributed by atoms with Crippen LogP contribution in [0.1, 0.15) is 16.8 Å². The van der Waals surface area contributed by atoms with Crippen molar-refractivity contribution in [3.05, 3.63) is 26.9 Å². The third-order valence-corrected chi connectivity index (χ3v) is 2.31. The summed E-state index contributed by atoms with van der Waals surface area (Å²) in [6.07, 6.45) is 0. The van der Waals surface area contributed by atoms with E-state index in [1.807, 2.05) is 6.92 Å². The van der Waals surface area contributed by atoms with Gasteiger partial charge in [-0.2, -0.15) is 0 Å². The topological polar surface area (TPSA) is 65.3 Å². The second kappa shape index (κ2) is 3.61. The monoisotopic (exact) mass is 196 g/mol. The van der Waals surface area contributed by atoms with Crippen molar-refractivity contribution < 1.29 is 9.66 Å². The Morgan fingerprint density at radius 1 is 1.29 bits per heavy atom. The molecule has 76 valence electrons. The molecule has 0 saturated carbocycles. The van der Waals surface area contributed by atoms with Gasteiger partial charge < -0.3 is 4.74 Å². The van der Waals surface area contributed by atoms with Gasteiger partial charge in [0.1, 0.15) is 0 Å². The predicted octanol–water partition coefficient (Wildman–Crippen LogP) is 1.92. The summed E-state index contributed by atoms with van der Waals surface area (Å²) in [5.74, 6) is 0.0793. The Morgan fingerprint density at radius 3 is 2.29 bits per heavy atom. The van der Waals surface area contributed by atoms with E-state index in [0.29, 0.717) is 5.56 Å². The van der Waals surface area contributed by atoms with Gasteiger partial charge in [-0.3, -0.25) is 10.1 Å². The normalized spacial score (nSPS) is 10.0. The Kier molecular flexibility index (Phi) is 2.69. The van der Waals surface area contributed by atoms with Crippen LogP contribution in [0.15, 0.2) is 0 Å². The fourth-order valence-electron chi connectivity index (χ4n) is 1.26. The highest BCUT2D eigenvalue weighted by molar-refractivity contribution is 5.52. The average molecular weight is 196 g/mol. The summed E-state index contributed by atoms with van der Waals surface area (Å²) in [4.78, 5) is 14.3. The summed E-state index contributed by atoms with van der Waals surface area (Å²) in [6, 6.07) is 0. The van der Waals surface area contributed by atoms with Gasteiger partial charge in [-0.25, -0.2) is 4.98 Å². The third-order valence-electron chi connectivity index (χ3n) is 2.31. The lowest BCUT2D eigenvalue weighted by atomic mass is 10.1. The fourth-order valence-corrected chi connectivity index (χ4v) is 1.26. The zero-order valence-corrected chi connectivity index (χ0v) is 8.62. The first kappa shape index (κ1) is 10.4. The second-order valence-corrected chi connectivity index (χ2v) is 3.06. The van der Waals surface area contributed by atoms with Crippen molar-refractivity contribution in [2.45, 2.75) is 20.8 Å². The summed E-state index contributed by atoms with van der Waals surface area (Å²) >= 11 is 0. The molecule has 0 radical (unpaired) electrons. The van der Waals surface area contributed by atoms with Crippen molar-refractivity contribution >= 4 is 5.69 Å². The lowest BCUT2D eigenvalue weighted by Crippen LogP contribution is -2.03. The van der Waals surface area contributed by atoms with E-state index in [1.54, 1.807) is 13.8 Å². The average Bonchev–Trinajstić information content (AvgIpc) is 2.12. The van der Waals surface area contributed by atoms with Crippen molar-refractivity contribution in [1.29, 1.82) is 0 Å². The molecule has 1 aromatic heterocycles. The van der Waals surface area contributed by atoms with E-state index in [4.69, 9.17) is 4.74 Å². The van der Waals surface area contributed by atoms with Crippen LogP contribution in [0.2, 0.25) is 0 Å². The molecule has 5 heteroatoms. The van der Waals surface area contributed by atoms with E-state index in [-0.39, 0.29) is 11.6 Å². The molecule has 0 bridgehead atoms. The highest BCUT2D eigenvalue weighted by Gasteiger charge is 2.22. The number of aromatic nitrogens is 1. The van der Waals surface area contributed by atoms with Gasteiger partial charge in [-0.05, 0) is 26.3 Å². The molecule has 5 nitrogen and oxygen atoms in total. The Morgan fingerprint density at radius 2 is 1.86 bits per heavy atom. The minimum Gasteiger partial charge on any atom is -0.476 e. The molecule has 0 N–H and O–H groups in total. The smallest absolute Gasteiger partial charge is 0.334 e. The molecule has 1 rings (SSSR count). The van der Waals surface area contributed by atoms with Gasteiger partial charge in [0.25, 0.3) is 5.88 Å². The molecule has 0 aliphatic rings. The number of pyridine rings is 1. The van der Waals surface area contributed by atoms with Crippen LogP contribution >= 0.6 is 0 Å².